The predicted octanol–water partition coefficient (Wildman–Crippen LogP) is 3.52. The Bertz CT molecular complexity index is 1500. The van der Waals surface area contributed by atoms with E-state index >= 15 is 0 Å². The Hall–Kier alpha value is -4.02. The molecule has 11 heteroatoms. The number of anilines is 2. The average Bonchev–Trinajstić information content (AvgIpc) is 3.38. The minimum Gasteiger partial charge on any atom is -0.421 e. The fourth-order valence-electron chi connectivity index (χ4n) is 5.57. The number of ether oxygens (including phenoxy) is 1. The summed E-state index contributed by atoms with van der Waals surface area (Å²) in [7, 11) is 1.74. The number of carbonyl (C=O) groups excluding carboxylic acids is 1. The summed E-state index contributed by atoms with van der Waals surface area (Å²) in [4.78, 5) is 35.3. The van der Waals surface area contributed by atoms with E-state index in [1.165, 1.54) is 12.1 Å². The molecule has 1 spiro atoms. The number of nitrogens with zero attached hydrogens (tertiary/aromatic N) is 5. The second kappa shape index (κ2) is 8.00. The molecule has 1 aliphatic carbocycles. The molecule has 1 unspecified atom stereocenters. The van der Waals surface area contributed by atoms with E-state index in [0.29, 0.717) is 46.0 Å². The van der Waals surface area contributed by atoms with Gasteiger partial charge in [0.05, 0.1) is 29.0 Å². The first-order chi connectivity index (χ1) is 17.3. The lowest BCUT2D eigenvalue weighted by Gasteiger charge is -2.21. The minimum absolute atomic E-state index is 0.0328. The van der Waals surface area contributed by atoms with Crippen LogP contribution in [0.15, 0.2) is 24.5 Å². The molecule has 1 aliphatic heterocycles. The third-order valence-electron chi connectivity index (χ3n) is 7.67. The van der Waals surface area contributed by atoms with E-state index in [2.05, 4.69) is 30.2 Å². The van der Waals surface area contributed by atoms with Crippen molar-refractivity contribution in [2.45, 2.75) is 26.7 Å². The standard InChI is InChI=1S/C25H27FN8O2/c1-12(21(27)35)17-10-34(11-25(17)4-5-25)23-19-16-6-14(26)7-18(28-3)20(16)31-22(19)32-24(33-23)36-15-8-29-13(2)30-9-15/h6-9,12,17,28H,4-5,10-11H2,1-3H3,(H2,27,35)(H,31,32,33)/t12?,17-/m1/s1. The minimum atomic E-state index is -0.365. The van der Waals surface area contributed by atoms with Crippen LogP contribution in [0.2, 0.25) is 0 Å². The van der Waals surface area contributed by atoms with E-state index in [-0.39, 0.29) is 35.0 Å². The SMILES string of the molecule is CNc1cc(F)cc2c1[nH]c1nc(Oc3cnc(C)nc3)nc(N3C[C@H](C(C)C(N)=O)C4(CC4)C3)c12. The number of halogens is 1. The summed E-state index contributed by atoms with van der Waals surface area (Å²) in [6.45, 7) is 5.04. The number of aryl methyl sites for hydroxylation is 1. The van der Waals surface area contributed by atoms with Crippen molar-refractivity contribution in [1.82, 2.24) is 24.9 Å². The normalized spacial score (nSPS) is 19.2. The van der Waals surface area contributed by atoms with Crippen LogP contribution in [-0.4, -0.2) is 51.0 Å². The molecule has 2 aliphatic rings. The molecule has 1 saturated carbocycles. The first-order valence-electron chi connectivity index (χ1n) is 12.0. The van der Waals surface area contributed by atoms with Crippen LogP contribution in [0.25, 0.3) is 21.9 Å². The van der Waals surface area contributed by atoms with Crippen molar-refractivity contribution < 1.29 is 13.9 Å². The number of H-pyrrole nitrogens is 1. The van der Waals surface area contributed by atoms with Gasteiger partial charge in [0, 0.05) is 31.4 Å². The summed E-state index contributed by atoms with van der Waals surface area (Å²) in [5.74, 6) is 0.860. The van der Waals surface area contributed by atoms with Gasteiger partial charge in [0.25, 0.3) is 0 Å². The second-order valence-electron chi connectivity index (χ2n) is 9.91. The van der Waals surface area contributed by atoms with Gasteiger partial charge in [0.15, 0.2) is 5.75 Å². The Morgan fingerprint density at radius 3 is 2.72 bits per heavy atom. The van der Waals surface area contributed by atoms with Crippen molar-refractivity contribution in [2.75, 3.05) is 30.4 Å². The molecule has 4 aromatic rings. The number of aromatic amines is 1. The third kappa shape index (κ3) is 3.57. The van der Waals surface area contributed by atoms with Crippen molar-refractivity contribution in [3.63, 3.8) is 0 Å². The highest BCUT2D eigenvalue weighted by molar-refractivity contribution is 6.14. The van der Waals surface area contributed by atoms with E-state index in [1.807, 2.05) is 6.92 Å². The topological polar surface area (TPSA) is 135 Å². The van der Waals surface area contributed by atoms with Crippen LogP contribution in [0.3, 0.4) is 0 Å². The molecule has 4 heterocycles. The van der Waals surface area contributed by atoms with E-state index in [4.69, 9.17) is 15.5 Å². The van der Waals surface area contributed by atoms with E-state index in [1.54, 1.807) is 26.4 Å². The summed E-state index contributed by atoms with van der Waals surface area (Å²) in [6.07, 6.45) is 5.21. The van der Waals surface area contributed by atoms with E-state index in [0.717, 1.165) is 24.9 Å². The lowest BCUT2D eigenvalue weighted by Crippen LogP contribution is -2.32. The predicted molar refractivity (Wildman–Crippen MR) is 133 cm³/mol. The van der Waals surface area contributed by atoms with Crippen molar-refractivity contribution >= 4 is 39.3 Å². The number of primary amides is 1. The lowest BCUT2D eigenvalue weighted by molar-refractivity contribution is -0.123. The van der Waals surface area contributed by atoms with Gasteiger partial charge in [0.2, 0.25) is 5.91 Å². The van der Waals surface area contributed by atoms with Gasteiger partial charge in [-0.2, -0.15) is 9.97 Å². The maximum atomic E-state index is 14.6. The molecule has 6 rings (SSSR count). The van der Waals surface area contributed by atoms with Gasteiger partial charge in [0.1, 0.15) is 23.1 Å². The number of nitrogens with one attached hydrogen (secondary N) is 2. The molecule has 1 aromatic carbocycles. The first-order valence-corrected chi connectivity index (χ1v) is 12.0. The summed E-state index contributed by atoms with van der Waals surface area (Å²) < 4.78 is 20.5. The molecule has 10 nitrogen and oxygen atoms in total. The van der Waals surface area contributed by atoms with Gasteiger partial charge in [-0.15, -0.1) is 0 Å². The molecule has 3 aromatic heterocycles. The molecule has 2 fully saturated rings. The van der Waals surface area contributed by atoms with Crippen molar-refractivity contribution in [1.29, 1.82) is 0 Å². The summed E-state index contributed by atoms with van der Waals surface area (Å²) in [5, 5.41) is 4.42. The van der Waals surface area contributed by atoms with Gasteiger partial charge in [-0.05, 0) is 43.2 Å². The maximum absolute atomic E-state index is 14.6. The molecule has 2 atom stereocenters. The summed E-state index contributed by atoms with van der Waals surface area (Å²) in [6, 6.07) is 3.05. The number of carbonyl (C=O) groups is 1. The van der Waals surface area contributed by atoms with Crippen LogP contribution in [0, 0.1) is 30.0 Å². The number of hydrogen-bond donors (Lipinski definition) is 3. The molecule has 1 amide bonds. The number of fused-ring (bicyclic) bond motifs is 3. The number of hydrogen-bond acceptors (Lipinski definition) is 8. The zero-order valence-corrected chi connectivity index (χ0v) is 20.3. The molecule has 4 N–H and O–H groups in total. The number of rotatable bonds is 6. The number of amides is 1. The Labute approximate surface area is 206 Å². The molecular formula is C25H27FN8O2. The van der Waals surface area contributed by atoms with Gasteiger partial charge in [-0.25, -0.2) is 14.4 Å². The Morgan fingerprint density at radius 2 is 2.06 bits per heavy atom. The van der Waals surface area contributed by atoms with E-state index < -0.39 is 0 Å². The summed E-state index contributed by atoms with van der Waals surface area (Å²) in [5.41, 5.74) is 7.59. The Kier molecular flexibility index (Phi) is 4.99. The largest absolute Gasteiger partial charge is 0.421 e. The summed E-state index contributed by atoms with van der Waals surface area (Å²) >= 11 is 0. The van der Waals surface area contributed by atoms with Crippen LogP contribution >= 0.6 is 0 Å². The van der Waals surface area contributed by atoms with Crippen LogP contribution in [-0.2, 0) is 4.79 Å². The van der Waals surface area contributed by atoms with Crippen molar-refractivity contribution in [3.05, 3.63) is 36.2 Å². The van der Waals surface area contributed by atoms with Gasteiger partial charge >= 0.3 is 6.01 Å². The molecule has 1 saturated heterocycles. The highest BCUT2D eigenvalue weighted by atomic mass is 19.1. The Morgan fingerprint density at radius 1 is 1.31 bits per heavy atom. The zero-order valence-electron chi connectivity index (χ0n) is 20.3. The van der Waals surface area contributed by atoms with E-state index in [9.17, 15) is 9.18 Å². The van der Waals surface area contributed by atoms with Gasteiger partial charge in [-0.3, -0.25) is 4.79 Å². The molecular weight excluding hydrogens is 463 g/mol. The van der Waals surface area contributed by atoms with Crippen LogP contribution < -0.4 is 20.7 Å². The number of benzene rings is 1. The fourth-order valence-corrected chi connectivity index (χ4v) is 5.57. The monoisotopic (exact) mass is 490 g/mol. The first kappa shape index (κ1) is 22.4. The highest BCUT2D eigenvalue weighted by Crippen LogP contribution is 2.59. The Balaban J connectivity index is 1.51. The second-order valence-corrected chi connectivity index (χ2v) is 9.91. The molecule has 36 heavy (non-hydrogen) atoms. The van der Waals surface area contributed by atoms with Crippen molar-refractivity contribution in [3.8, 4) is 11.8 Å². The van der Waals surface area contributed by atoms with Crippen LogP contribution in [0.1, 0.15) is 25.6 Å². The van der Waals surface area contributed by atoms with Crippen molar-refractivity contribution in [2.24, 2.45) is 23.0 Å². The zero-order chi connectivity index (χ0) is 25.2. The average molecular weight is 491 g/mol. The quantitative estimate of drug-likeness (QED) is 0.374. The van der Waals surface area contributed by atoms with Crippen LogP contribution in [0.5, 0.6) is 11.8 Å². The maximum Gasteiger partial charge on any atom is 0.326 e. The smallest absolute Gasteiger partial charge is 0.326 e. The van der Waals surface area contributed by atoms with Gasteiger partial charge < -0.3 is 25.7 Å². The lowest BCUT2D eigenvalue weighted by atomic mass is 9.82. The number of aromatic nitrogens is 5. The molecule has 186 valence electrons. The number of nitrogens with two attached hydrogens (primary N) is 1. The van der Waals surface area contributed by atoms with Crippen LogP contribution in [0.4, 0.5) is 15.9 Å². The van der Waals surface area contributed by atoms with Gasteiger partial charge in [-0.1, -0.05) is 6.92 Å². The third-order valence-corrected chi connectivity index (χ3v) is 7.67. The highest BCUT2D eigenvalue weighted by Gasteiger charge is 2.57. The fraction of sp³-hybridized carbons (Fsp3) is 0.400. The molecule has 0 bridgehead atoms. The molecule has 0 radical (unpaired) electrons.